The number of rotatable bonds is 3. The van der Waals surface area contributed by atoms with Gasteiger partial charge in [-0.25, -0.2) is 4.39 Å². The van der Waals surface area contributed by atoms with Crippen LogP contribution in [0.15, 0.2) is 42.6 Å². The Kier molecular flexibility index (Phi) is 3.35. The lowest BCUT2D eigenvalue weighted by Gasteiger charge is -2.08. The van der Waals surface area contributed by atoms with Crippen LogP contribution in [0.2, 0.25) is 0 Å². The van der Waals surface area contributed by atoms with Gasteiger partial charge in [-0.15, -0.1) is 0 Å². The summed E-state index contributed by atoms with van der Waals surface area (Å²) in [5.74, 6) is 0.270. The molecule has 1 aromatic carbocycles. The molecule has 1 unspecified atom stereocenters. The topological polar surface area (TPSA) is 48.1 Å². The zero-order chi connectivity index (χ0) is 12.3. The van der Waals surface area contributed by atoms with Crippen molar-refractivity contribution >= 4 is 0 Å². The number of aromatic nitrogens is 1. The van der Waals surface area contributed by atoms with Crippen molar-refractivity contribution in [3.05, 3.63) is 54.1 Å². The number of ether oxygens (including phenoxy) is 1. The molecule has 0 saturated carbocycles. The van der Waals surface area contributed by atoms with Gasteiger partial charge in [-0.2, -0.15) is 0 Å². The van der Waals surface area contributed by atoms with Crippen LogP contribution in [0.4, 0.5) is 4.39 Å². The molecule has 2 rings (SSSR count). The maximum absolute atomic E-state index is 13.3. The Morgan fingerprint density at radius 2 is 2.00 bits per heavy atom. The number of pyridine rings is 1. The first-order valence-electron chi connectivity index (χ1n) is 5.31. The summed E-state index contributed by atoms with van der Waals surface area (Å²) in [5.41, 5.74) is 6.45. The van der Waals surface area contributed by atoms with Crippen LogP contribution >= 0.6 is 0 Å². The molecule has 0 aliphatic carbocycles. The Bertz CT molecular complexity index is 497. The minimum absolute atomic E-state index is 0.127. The number of halogens is 1. The lowest BCUT2D eigenvalue weighted by molar-refractivity contribution is 0.440. The predicted octanol–water partition coefficient (Wildman–Crippen LogP) is 3.03. The lowest BCUT2D eigenvalue weighted by Crippen LogP contribution is -2.06. The van der Waals surface area contributed by atoms with Crippen LogP contribution in [-0.2, 0) is 0 Å². The summed E-state index contributed by atoms with van der Waals surface area (Å²) in [6.07, 6.45) is 1.53. The number of nitrogens with zero attached hydrogens (tertiary/aromatic N) is 1. The third-order valence-electron chi connectivity index (χ3n) is 2.29. The molecule has 17 heavy (non-hydrogen) atoms. The van der Waals surface area contributed by atoms with Crippen LogP contribution in [0, 0.1) is 5.82 Å². The SMILES string of the molecule is CC(N)c1ccc(Oc2ccccc2F)cn1. The van der Waals surface area contributed by atoms with Gasteiger partial charge < -0.3 is 10.5 Å². The number of para-hydroxylation sites is 1. The van der Waals surface area contributed by atoms with Gasteiger partial charge >= 0.3 is 0 Å². The summed E-state index contributed by atoms with van der Waals surface area (Å²) in [6, 6.07) is 9.59. The quantitative estimate of drug-likeness (QED) is 0.884. The fraction of sp³-hybridized carbons (Fsp3) is 0.154. The van der Waals surface area contributed by atoms with E-state index in [2.05, 4.69) is 4.98 Å². The molecule has 1 atom stereocenters. The molecule has 0 aliphatic heterocycles. The van der Waals surface area contributed by atoms with Gasteiger partial charge in [0.25, 0.3) is 0 Å². The Labute approximate surface area is 99.1 Å². The van der Waals surface area contributed by atoms with Crippen molar-refractivity contribution in [2.75, 3.05) is 0 Å². The third kappa shape index (κ3) is 2.79. The Morgan fingerprint density at radius 1 is 1.24 bits per heavy atom. The molecule has 1 aromatic heterocycles. The highest BCUT2D eigenvalue weighted by Crippen LogP contribution is 2.23. The number of nitrogens with two attached hydrogens (primary N) is 1. The highest BCUT2D eigenvalue weighted by molar-refractivity contribution is 5.31. The highest BCUT2D eigenvalue weighted by Gasteiger charge is 2.05. The van der Waals surface area contributed by atoms with Crippen LogP contribution in [-0.4, -0.2) is 4.98 Å². The predicted molar refractivity (Wildman–Crippen MR) is 63.3 cm³/mol. The molecule has 4 heteroatoms. The van der Waals surface area contributed by atoms with E-state index in [4.69, 9.17) is 10.5 Å². The fourth-order valence-electron chi connectivity index (χ4n) is 1.38. The summed E-state index contributed by atoms with van der Waals surface area (Å²) in [5, 5.41) is 0. The molecule has 0 radical (unpaired) electrons. The van der Waals surface area contributed by atoms with Crippen molar-refractivity contribution in [2.24, 2.45) is 5.73 Å². The summed E-state index contributed by atoms with van der Waals surface area (Å²) in [6.45, 7) is 1.85. The second-order valence-corrected chi connectivity index (χ2v) is 3.74. The van der Waals surface area contributed by atoms with Gasteiger partial charge in [0, 0.05) is 6.04 Å². The van der Waals surface area contributed by atoms with E-state index in [0.29, 0.717) is 5.75 Å². The second kappa shape index (κ2) is 4.93. The number of hydrogen-bond donors (Lipinski definition) is 1. The molecule has 3 nitrogen and oxygen atoms in total. The first-order valence-corrected chi connectivity index (χ1v) is 5.31. The molecule has 0 amide bonds. The molecule has 0 aliphatic rings. The largest absolute Gasteiger partial charge is 0.453 e. The zero-order valence-electron chi connectivity index (χ0n) is 9.43. The van der Waals surface area contributed by atoms with Gasteiger partial charge in [-0.1, -0.05) is 12.1 Å². The van der Waals surface area contributed by atoms with Crippen LogP contribution < -0.4 is 10.5 Å². The lowest BCUT2D eigenvalue weighted by atomic mass is 10.2. The minimum atomic E-state index is -0.399. The van der Waals surface area contributed by atoms with Gasteiger partial charge in [-0.05, 0) is 31.2 Å². The smallest absolute Gasteiger partial charge is 0.165 e. The standard InChI is InChI=1S/C13H13FN2O/c1-9(15)12-7-6-10(8-16-12)17-13-5-3-2-4-11(13)14/h2-9H,15H2,1H3. The van der Waals surface area contributed by atoms with Gasteiger partial charge in [0.2, 0.25) is 0 Å². The molecule has 88 valence electrons. The van der Waals surface area contributed by atoms with Gasteiger partial charge in [-0.3, -0.25) is 4.98 Å². The minimum Gasteiger partial charge on any atom is -0.453 e. The van der Waals surface area contributed by atoms with E-state index in [1.807, 2.05) is 6.92 Å². The molecule has 2 N–H and O–H groups in total. The first kappa shape index (κ1) is 11.5. The van der Waals surface area contributed by atoms with E-state index in [1.165, 1.54) is 12.3 Å². The maximum Gasteiger partial charge on any atom is 0.165 e. The van der Waals surface area contributed by atoms with E-state index in [0.717, 1.165) is 5.69 Å². The number of hydrogen-bond acceptors (Lipinski definition) is 3. The molecular formula is C13H13FN2O. The van der Waals surface area contributed by atoms with Gasteiger partial charge in [0.15, 0.2) is 11.6 Å². The van der Waals surface area contributed by atoms with Gasteiger partial charge in [0.1, 0.15) is 5.75 Å². The van der Waals surface area contributed by atoms with Crippen LogP contribution in [0.5, 0.6) is 11.5 Å². The highest BCUT2D eigenvalue weighted by atomic mass is 19.1. The average molecular weight is 232 g/mol. The summed E-state index contributed by atoms with van der Waals surface area (Å²) in [4.78, 5) is 4.13. The van der Waals surface area contributed by atoms with Crippen molar-refractivity contribution < 1.29 is 9.13 Å². The van der Waals surface area contributed by atoms with Crippen molar-refractivity contribution in [1.29, 1.82) is 0 Å². The second-order valence-electron chi connectivity index (χ2n) is 3.74. The molecule has 0 bridgehead atoms. The molecule has 2 aromatic rings. The van der Waals surface area contributed by atoms with Crippen molar-refractivity contribution in [2.45, 2.75) is 13.0 Å². The van der Waals surface area contributed by atoms with Gasteiger partial charge in [0.05, 0.1) is 11.9 Å². The van der Waals surface area contributed by atoms with E-state index in [9.17, 15) is 4.39 Å². The monoisotopic (exact) mass is 232 g/mol. The van der Waals surface area contributed by atoms with Crippen LogP contribution in [0.1, 0.15) is 18.7 Å². The Morgan fingerprint density at radius 3 is 2.59 bits per heavy atom. The Balaban J connectivity index is 2.17. The van der Waals surface area contributed by atoms with Crippen LogP contribution in [0.25, 0.3) is 0 Å². The molecule has 1 heterocycles. The van der Waals surface area contributed by atoms with E-state index in [1.54, 1.807) is 30.3 Å². The Hall–Kier alpha value is -1.94. The third-order valence-corrected chi connectivity index (χ3v) is 2.29. The summed E-state index contributed by atoms with van der Waals surface area (Å²) >= 11 is 0. The van der Waals surface area contributed by atoms with E-state index >= 15 is 0 Å². The first-order chi connectivity index (χ1) is 8.16. The van der Waals surface area contributed by atoms with E-state index in [-0.39, 0.29) is 11.8 Å². The fourth-order valence-corrected chi connectivity index (χ4v) is 1.38. The summed E-state index contributed by atoms with van der Waals surface area (Å²) < 4.78 is 18.7. The molecule has 0 fully saturated rings. The average Bonchev–Trinajstić information content (AvgIpc) is 2.33. The van der Waals surface area contributed by atoms with Crippen molar-refractivity contribution in [3.8, 4) is 11.5 Å². The van der Waals surface area contributed by atoms with Crippen molar-refractivity contribution in [1.82, 2.24) is 4.98 Å². The van der Waals surface area contributed by atoms with Crippen LogP contribution in [0.3, 0.4) is 0 Å². The molecule has 0 saturated heterocycles. The molecule has 0 spiro atoms. The van der Waals surface area contributed by atoms with E-state index < -0.39 is 5.82 Å². The van der Waals surface area contributed by atoms with Crippen molar-refractivity contribution in [3.63, 3.8) is 0 Å². The maximum atomic E-state index is 13.3. The summed E-state index contributed by atoms with van der Waals surface area (Å²) in [7, 11) is 0. The number of benzene rings is 1. The molecular weight excluding hydrogens is 219 g/mol. The normalized spacial score (nSPS) is 12.2. The zero-order valence-corrected chi connectivity index (χ0v) is 9.43.